The molecule has 0 radical (unpaired) electrons. The monoisotopic (exact) mass is 482 g/mol. The second-order valence-corrected chi connectivity index (χ2v) is 9.63. The Hall–Kier alpha value is -3.31. The highest BCUT2D eigenvalue weighted by molar-refractivity contribution is 8.00. The van der Waals surface area contributed by atoms with Gasteiger partial charge in [-0.2, -0.15) is 5.10 Å². The van der Waals surface area contributed by atoms with E-state index >= 15 is 0 Å². The second-order valence-electron chi connectivity index (χ2n) is 7.57. The smallest absolute Gasteiger partial charge is 0.251 e. The molecule has 0 unspecified atom stereocenters. The molecular weight excluding hydrogens is 463 g/mol. The number of carbonyl (C=O) groups is 2. The van der Waals surface area contributed by atoms with E-state index in [9.17, 15) is 14.0 Å². The Bertz CT molecular complexity index is 1370. The lowest BCUT2D eigenvalue weighted by atomic mass is 9.95. The Labute approximate surface area is 196 Å². The number of thiophene rings is 1. The van der Waals surface area contributed by atoms with E-state index in [1.807, 2.05) is 0 Å². The standard InChI is InChI=1S/C22H19FN6O2S2/c23-12-5-7-13(8-6-12)29-20-15(9-27-29)21(26-11-25-20)32-10-17(30)28-22-18(19(24)31)14-3-1-2-4-16(14)33-22/h5-9,11H,1-4,10H2,(H2,24,31)(H,28,30). The molecule has 0 fully saturated rings. The number of rotatable bonds is 6. The normalized spacial score (nSPS) is 13.1. The van der Waals surface area contributed by atoms with E-state index in [1.165, 1.54) is 41.6 Å². The first-order valence-corrected chi connectivity index (χ1v) is 12.1. The van der Waals surface area contributed by atoms with Gasteiger partial charge in [0.15, 0.2) is 5.65 Å². The second kappa shape index (κ2) is 8.91. The van der Waals surface area contributed by atoms with E-state index in [2.05, 4.69) is 20.4 Å². The van der Waals surface area contributed by atoms with Crippen molar-refractivity contribution in [3.8, 4) is 5.69 Å². The van der Waals surface area contributed by atoms with Crippen molar-refractivity contribution in [1.82, 2.24) is 19.7 Å². The Morgan fingerprint density at radius 3 is 2.76 bits per heavy atom. The average Bonchev–Trinajstić information content (AvgIpc) is 3.40. The fraction of sp³-hybridized carbons (Fsp3) is 0.227. The number of carbonyl (C=O) groups excluding carboxylic acids is 2. The van der Waals surface area contributed by atoms with Crippen molar-refractivity contribution in [2.75, 3.05) is 11.1 Å². The number of anilines is 1. The third-order valence-corrected chi connectivity index (χ3v) is 7.62. The predicted octanol–water partition coefficient (Wildman–Crippen LogP) is 3.72. The molecule has 4 aromatic rings. The summed E-state index contributed by atoms with van der Waals surface area (Å²) in [6.45, 7) is 0. The molecule has 2 amide bonds. The fourth-order valence-electron chi connectivity index (χ4n) is 3.92. The summed E-state index contributed by atoms with van der Waals surface area (Å²) in [5.74, 6) is -1.01. The number of fused-ring (bicyclic) bond motifs is 2. The SMILES string of the molecule is NC(=O)c1c(NC(=O)CSc2ncnc3c2cnn3-c2ccc(F)cc2)sc2c1CCCC2. The molecule has 0 saturated heterocycles. The van der Waals surface area contributed by atoms with E-state index in [0.29, 0.717) is 32.3 Å². The van der Waals surface area contributed by atoms with Gasteiger partial charge in [-0.25, -0.2) is 19.0 Å². The molecule has 1 aliphatic carbocycles. The minimum atomic E-state index is -0.511. The molecule has 168 valence electrons. The first kappa shape index (κ1) is 21.5. The van der Waals surface area contributed by atoms with Gasteiger partial charge in [0.2, 0.25) is 5.91 Å². The summed E-state index contributed by atoms with van der Waals surface area (Å²) in [5, 5.41) is 9.02. The van der Waals surface area contributed by atoms with Gasteiger partial charge in [-0.3, -0.25) is 9.59 Å². The van der Waals surface area contributed by atoms with Gasteiger partial charge in [-0.15, -0.1) is 11.3 Å². The van der Waals surface area contributed by atoms with E-state index < -0.39 is 5.91 Å². The van der Waals surface area contributed by atoms with Crippen LogP contribution in [0.15, 0.2) is 41.8 Å². The highest BCUT2D eigenvalue weighted by Gasteiger charge is 2.25. The van der Waals surface area contributed by atoms with Crippen molar-refractivity contribution < 1.29 is 14.0 Å². The maximum Gasteiger partial charge on any atom is 0.251 e. The number of nitrogens with one attached hydrogen (secondary N) is 1. The molecule has 8 nitrogen and oxygen atoms in total. The molecule has 0 spiro atoms. The van der Waals surface area contributed by atoms with Crippen LogP contribution >= 0.6 is 23.1 Å². The van der Waals surface area contributed by atoms with Crippen LogP contribution in [0.4, 0.5) is 9.39 Å². The molecule has 5 rings (SSSR count). The van der Waals surface area contributed by atoms with E-state index in [4.69, 9.17) is 5.73 Å². The summed E-state index contributed by atoms with van der Waals surface area (Å²) in [7, 11) is 0. The molecule has 0 saturated carbocycles. The first-order chi connectivity index (χ1) is 16.0. The molecule has 33 heavy (non-hydrogen) atoms. The van der Waals surface area contributed by atoms with Crippen LogP contribution in [0.2, 0.25) is 0 Å². The number of amides is 2. The quantitative estimate of drug-likeness (QED) is 0.320. The summed E-state index contributed by atoms with van der Waals surface area (Å²) >= 11 is 2.69. The van der Waals surface area contributed by atoms with Crippen LogP contribution in [0.3, 0.4) is 0 Å². The van der Waals surface area contributed by atoms with Gasteiger partial charge in [0.1, 0.15) is 22.2 Å². The van der Waals surface area contributed by atoms with Crippen LogP contribution in [0, 0.1) is 5.82 Å². The third kappa shape index (κ3) is 4.21. The zero-order valence-corrected chi connectivity index (χ0v) is 19.0. The highest BCUT2D eigenvalue weighted by atomic mass is 32.2. The number of hydrogen-bond acceptors (Lipinski definition) is 7. The zero-order chi connectivity index (χ0) is 22.9. The molecular formula is C22H19FN6O2S2. The van der Waals surface area contributed by atoms with Crippen molar-refractivity contribution in [1.29, 1.82) is 0 Å². The van der Waals surface area contributed by atoms with Crippen LogP contribution in [0.1, 0.15) is 33.6 Å². The van der Waals surface area contributed by atoms with Gasteiger partial charge in [0, 0.05) is 4.88 Å². The zero-order valence-electron chi connectivity index (χ0n) is 17.4. The van der Waals surface area contributed by atoms with Crippen molar-refractivity contribution in [3.63, 3.8) is 0 Å². The van der Waals surface area contributed by atoms with Crippen LogP contribution in [0.25, 0.3) is 16.7 Å². The number of nitrogens with zero attached hydrogens (tertiary/aromatic N) is 4. The largest absolute Gasteiger partial charge is 0.365 e. The van der Waals surface area contributed by atoms with Crippen molar-refractivity contribution in [3.05, 3.63) is 58.6 Å². The number of aryl methyl sites for hydroxylation is 1. The summed E-state index contributed by atoms with van der Waals surface area (Å²) in [4.78, 5) is 34.4. The lowest BCUT2D eigenvalue weighted by Gasteiger charge is -2.11. The summed E-state index contributed by atoms with van der Waals surface area (Å²) in [6, 6.07) is 5.93. The van der Waals surface area contributed by atoms with Crippen LogP contribution in [0.5, 0.6) is 0 Å². The van der Waals surface area contributed by atoms with Crippen molar-refractivity contribution in [2.45, 2.75) is 30.7 Å². The molecule has 3 aromatic heterocycles. The number of benzene rings is 1. The number of halogens is 1. The lowest BCUT2D eigenvalue weighted by molar-refractivity contribution is -0.113. The van der Waals surface area contributed by atoms with E-state index in [-0.39, 0.29) is 17.5 Å². The topological polar surface area (TPSA) is 116 Å². The van der Waals surface area contributed by atoms with Gasteiger partial charge in [0.25, 0.3) is 5.91 Å². The van der Waals surface area contributed by atoms with Crippen molar-refractivity contribution in [2.24, 2.45) is 5.73 Å². The predicted molar refractivity (Wildman–Crippen MR) is 125 cm³/mol. The third-order valence-electron chi connectivity index (χ3n) is 5.41. The minimum Gasteiger partial charge on any atom is -0.365 e. The number of primary amides is 1. The van der Waals surface area contributed by atoms with Gasteiger partial charge < -0.3 is 11.1 Å². The molecule has 1 aromatic carbocycles. The molecule has 0 bridgehead atoms. The first-order valence-electron chi connectivity index (χ1n) is 10.3. The Kier molecular flexibility index (Phi) is 5.81. The van der Waals surface area contributed by atoms with E-state index in [1.54, 1.807) is 23.0 Å². The minimum absolute atomic E-state index is 0.0919. The highest BCUT2D eigenvalue weighted by Crippen LogP contribution is 2.38. The molecule has 3 N–H and O–H groups in total. The Morgan fingerprint density at radius 2 is 1.97 bits per heavy atom. The van der Waals surface area contributed by atoms with Crippen molar-refractivity contribution >= 4 is 50.9 Å². The number of nitrogens with two attached hydrogens (primary N) is 1. The van der Waals surface area contributed by atoms with E-state index in [0.717, 1.165) is 36.1 Å². The van der Waals surface area contributed by atoms with Crippen LogP contribution in [-0.4, -0.2) is 37.3 Å². The number of hydrogen-bond donors (Lipinski definition) is 2. The fourth-order valence-corrected chi connectivity index (χ4v) is 5.99. The van der Waals surface area contributed by atoms with Gasteiger partial charge in [0.05, 0.1) is 28.6 Å². The summed E-state index contributed by atoms with van der Waals surface area (Å²) in [5.41, 5.74) is 8.25. The summed E-state index contributed by atoms with van der Waals surface area (Å²) < 4.78 is 14.8. The maximum absolute atomic E-state index is 13.3. The number of thioether (sulfide) groups is 1. The Morgan fingerprint density at radius 1 is 1.18 bits per heavy atom. The molecule has 0 aliphatic heterocycles. The molecule has 11 heteroatoms. The summed E-state index contributed by atoms with van der Waals surface area (Å²) in [6.07, 6.45) is 6.83. The number of aromatic nitrogens is 4. The average molecular weight is 483 g/mol. The molecule has 1 aliphatic rings. The lowest BCUT2D eigenvalue weighted by Crippen LogP contribution is -2.19. The van der Waals surface area contributed by atoms with Gasteiger partial charge in [-0.1, -0.05) is 11.8 Å². The molecule has 3 heterocycles. The van der Waals surface area contributed by atoms with Gasteiger partial charge >= 0.3 is 0 Å². The Balaban J connectivity index is 1.33. The van der Waals surface area contributed by atoms with Crippen LogP contribution < -0.4 is 11.1 Å². The molecule has 0 atom stereocenters. The van der Waals surface area contributed by atoms with Gasteiger partial charge in [-0.05, 0) is 55.5 Å². The van der Waals surface area contributed by atoms with Crippen LogP contribution in [-0.2, 0) is 17.6 Å². The maximum atomic E-state index is 13.3.